The van der Waals surface area contributed by atoms with Crippen molar-refractivity contribution in [1.82, 2.24) is 0 Å². The third kappa shape index (κ3) is 5.81. The summed E-state index contributed by atoms with van der Waals surface area (Å²) >= 11 is 0. The third-order valence-corrected chi connectivity index (χ3v) is 4.57. The van der Waals surface area contributed by atoms with Crippen LogP contribution in [0.1, 0.15) is 32.1 Å². The van der Waals surface area contributed by atoms with E-state index in [9.17, 15) is 0 Å². The van der Waals surface area contributed by atoms with Gasteiger partial charge in [-0.2, -0.15) is 0 Å². The molecule has 1 aliphatic rings. The van der Waals surface area contributed by atoms with Gasteiger partial charge in [-0.05, 0) is 18.9 Å². The lowest BCUT2D eigenvalue weighted by Gasteiger charge is -2.22. The van der Waals surface area contributed by atoms with Crippen LogP contribution in [0.3, 0.4) is 0 Å². The SMILES string of the molecule is C[Si](C)(C)CCOC[C]1CCCCC1. The van der Waals surface area contributed by atoms with Crippen LogP contribution in [0.5, 0.6) is 0 Å². The minimum absolute atomic E-state index is 0.878. The largest absolute Gasteiger partial charge is 0.381 e. The Labute approximate surface area is 90.2 Å². The first-order valence-electron chi connectivity index (χ1n) is 5.99. The van der Waals surface area contributed by atoms with E-state index in [-0.39, 0.29) is 0 Å². The van der Waals surface area contributed by atoms with Crippen molar-refractivity contribution >= 4 is 8.07 Å². The van der Waals surface area contributed by atoms with Crippen molar-refractivity contribution in [2.75, 3.05) is 13.2 Å². The van der Waals surface area contributed by atoms with E-state index in [4.69, 9.17) is 4.74 Å². The van der Waals surface area contributed by atoms with E-state index in [2.05, 4.69) is 19.6 Å². The maximum Gasteiger partial charge on any atom is 0.0528 e. The lowest BCUT2D eigenvalue weighted by Crippen LogP contribution is -2.22. The van der Waals surface area contributed by atoms with Gasteiger partial charge < -0.3 is 4.74 Å². The smallest absolute Gasteiger partial charge is 0.0528 e. The predicted octanol–water partition coefficient (Wildman–Crippen LogP) is 3.88. The third-order valence-electron chi connectivity index (χ3n) is 2.86. The zero-order valence-corrected chi connectivity index (χ0v) is 11.1. The van der Waals surface area contributed by atoms with Crippen molar-refractivity contribution in [2.24, 2.45) is 0 Å². The second-order valence-corrected chi connectivity index (χ2v) is 11.3. The van der Waals surface area contributed by atoms with Gasteiger partial charge in [-0.15, -0.1) is 0 Å². The monoisotopic (exact) mass is 213 g/mol. The van der Waals surface area contributed by atoms with E-state index in [0.29, 0.717) is 0 Å². The molecule has 0 aliphatic heterocycles. The fourth-order valence-corrected chi connectivity index (χ4v) is 2.55. The van der Waals surface area contributed by atoms with Crippen molar-refractivity contribution in [1.29, 1.82) is 0 Å². The Balaban J connectivity index is 1.97. The number of ether oxygens (including phenoxy) is 1. The quantitative estimate of drug-likeness (QED) is 0.497. The predicted molar refractivity (Wildman–Crippen MR) is 65.3 cm³/mol. The first kappa shape index (κ1) is 12.2. The minimum atomic E-state index is -0.878. The summed E-state index contributed by atoms with van der Waals surface area (Å²) in [6, 6.07) is 1.31. The molecule has 1 rings (SSSR count). The van der Waals surface area contributed by atoms with Crippen molar-refractivity contribution in [3.05, 3.63) is 5.92 Å². The van der Waals surface area contributed by atoms with Crippen molar-refractivity contribution in [3.8, 4) is 0 Å². The molecule has 0 spiro atoms. The van der Waals surface area contributed by atoms with Crippen LogP contribution in [-0.2, 0) is 4.74 Å². The molecule has 0 bridgehead atoms. The molecule has 2 heteroatoms. The first-order valence-corrected chi connectivity index (χ1v) is 9.70. The molecule has 0 N–H and O–H groups in total. The van der Waals surface area contributed by atoms with Crippen LogP contribution in [-0.4, -0.2) is 21.3 Å². The molecule has 0 aromatic heterocycles. The lowest BCUT2D eigenvalue weighted by atomic mass is 9.90. The molecule has 0 aromatic carbocycles. The molecule has 1 saturated carbocycles. The van der Waals surface area contributed by atoms with Crippen LogP contribution in [0.25, 0.3) is 0 Å². The highest BCUT2D eigenvalue weighted by Gasteiger charge is 2.15. The average Bonchev–Trinajstić information content (AvgIpc) is 2.13. The molecule has 0 aromatic rings. The standard InChI is InChI=1S/C12H25OSi/c1-14(2,3)10-9-13-11-12-7-5-4-6-8-12/h4-11H2,1-3H3. The molecular formula is C12H25OSi. The van der Waals surface area contributed by atoms with Crippen LogP contribution in [0.2, 0.25) is 25.7 Å². The summed E-state index contributed by atoms with van der Waals surface area (Å²) in [6.45, 7) is 9.15. The molecule has 0 heterocycles. The highest BCUT2D eigenvalue weighted by atomic mass is 28.3. The van der Waals surface area contributed by atoms with Gasteiger partial charge in [0.05, 0.1) is 6.61 Å². The molecule has 14 heavy (non-hydrogen) atoms. The van der Waals surface area contributed by atoms with Crippen LogP contribution >= 0.6 is 0 Å². The highest BCUT2D eigenvalue weighted by molar-refractivity contribution is 6.76. The maximum atomic E-state index is 5.75. The molecule has 1 aliphatic carbocycles. The Hall–Kier alpha value is 0.177. The molecule has 0 atom stereocenters. The minimum Gasteiger partial charge on any atom is -0.381 e. The first-order chi connectivity index (χ1) is 6.58. The summed E-state index contributed by atoms with van der Waals surface area (Å²) < 4.78 is 5.75. The topological polar surface area (TPSA) is 9.23 Å². The molecule has 0 unspecified atom stereocenters. The van der Waals surface area contributed by atoms with E-state index >= 15 is 0 Å². The van der Waals surface area contributed by atoms with Gasteiger partial charge in [0.2, 0.25) is 0 Å². The van der Waals surface area contributed by atoms with Gasteiger partial charge in [0.15, 0.2) is 0 Å². The normalized spacial score (nSPS) is 19.9. The summed E-state index contributed by atoms with van der Waals surface area (Å²) in [5, 5.41) is 0. The summed E-state index contributed by atoms with van der Waals surface area (Å²) in [5.74, 6) is 1.66. The summed E-state index contributed by atoms with van der Waals surface area (Å²) in [4.78, 5) is 0. The van der Waals surface area contributed by atoms with Gasteiger partial charge in [0.1, 0.15) is 0 Å². The van der Waals surface area contributed by atoms with E-state index in [1.165, 1.54) is 38.1 Å². The number of hydrogen-bond acceptors (Lipinski definition) is 1. The Kier molecular flexibility index (Phi) is 5.17. The molecule has 1 fully saturated rings. The molecule has 1 nitrogen and oxygen atoms in total. The van der Waals surface area contributed by atoms with Gasteiger partial charge in [0, 0.05) is 20.6 Å². The second-order valence-electron chi connectivity index (χ2n) is 5.67. The highest BCUT2D eigenvalue weighted by Crippen LogP contribution is 2.25. The van der Waals surface area contributed by atoms with Gasteiger partial charge in [0.25, 0.3) is 0 Å². The zero-order chi connectivity index (χ0) is 10.4. The Morgan fingerprint density at radius 3 is 2.29 bits per heavy atom. The number of hydrogen-bond donors (Lipinski definition) is 0. The summed E-state index contributed by atoms with van der Waals surface area (Å²) in [6.07, 6.45) is 6.87. The Bertz CT molecular complexity index is 145. The lowest BCUT2D eigenvalue weighted by molar-refractivity contribution is 0.147. The molecule has 0 saturated heterocycles. The van der Waals surface area contributed by atoms with Crippen LogP contribution in [0.15, 0.2) is 0 Å². The summed E-state index contributed by atoms with van der Waals surface area (Å²) in [5.41, 5.74) is 0. The summed E-state index contributed by atoms with van der Waals surface area (Å²) in [7, 11) is -0.878. The fraction of sp³-hybridized carbons (Fsp3) is 0.917. The van der Waals surface area contributed by atoms with Crippen LogP contribution < -0.4 is 0 Å². The number of rotatable bonds is 5. The van der Waals surface area contributed by atoms with E-state index in [0.717, 1.165) is 13.2 Å². The maximum absolute atomic E-state index is 5.75. The Morgan fingerprint density at radius 1 is 1.07 bits per heavy atom. The Morgan fingerprint density at radius 2 is 1.71 bits per heavy atom. The van der Waals surface area contributed by atoms with E-state index in [1.807, 2.05) is 0 Å². The molecular weight excluding hydrogens is 188 g/mol. The van der Waals surface area contributed by atoms with Gasteiger partial charge in [-0.3, -0.25) is 0 Å². The van der Waals surface area contributed by atoms with Crippen molar-refractivity contribution < 1.29 is 4.74 Å². The van der Waals surface area contributed by atoms with Gasteiger partial charge in [-0.25, -0.2) is 0 Å². The van der Waals surface area contributed by atoms with Gasteiger partial charge >= 0.3 is 0 Å². The molecule has 1 radical (unpaired) electrons. The van der Waals surface area contributed by atoms with Crippen LogP contribution in [0.4, 0.5) is 0 Å². The zero-order valence-electron chi connectivity index (χ0n) is 10.1. The molecule has 0 amide bonds. The van der Waals surface area contributed by atoms with Gasteiger partial charge in [-0.1, -0.05) is 38.9 Å². The van der Waals surface area contributed by atoms with Crippen molar-refractivity contribution in [3.63, 3.8) is 0 Å². The second kappa shape index (κ2) is 5.91. The molecule has 83 valence electrons. The van der Waals surface area contributed by atoms with E-state index < -0.39 is 8.07 Å². The van der Waals surface area contributed by atoms with E-state index in [1.54, 1.807) is 5.92 Å². The average molecular weight is 213 g/mol. The fourth-order valence-electron chi connectivity index (χ4n) is 1.79. The van der Waals surface area contributed by atoms with Crippen LogP contribution in [0, 0.1) is 5.92 Å². The van der Waals surface area contributed by atoms with Crippen molar-refractivity contribution in [2.45, 2.75) is 57.8 Å².